The van der Waals surface area contributed by atoms with Crippen LogP contribution in [0.5, 0.6) is 0 Å². The molecule has 1 rings (SSSR count). The Morgan fingerprint density at radius 2 is 1.34 bits per heavy atom. The monoisotopic (exact) mass is 450 g/mol. The number of nitrogens with one attached hydrogen (secondary N) is 1. The van der Waals surface area contributed by atoms with Gasteiger partial charge in [-0.1, -0.05) is 12.8 Å². The molecule has 178 valence electrons. The van der Waals surface area contributed by atoms with Crippen molar-refractivity contribution < 1.29 is 33.4 Å². The Hall–Kier alpha value is -3.10. The van der Waals surface area contributed by atoms with Gasteiger partial charge in [0.15, 0.2) is 0 Å². The molecule has 0 aliphatic carbocycles. The molecule has 9 nitrogen and oxygen atoms in total. The maximum atomic E-state index is 12.5. The average Bonchev–Trinajstić information content (AvgIpc) is 2.75. The van der Waals surface area contributed by atoms with Gasteiger partial charge >= 0.3 is 18.0 Å². The third-order valence-corrected chi connectivity index (χ3v) is 4.45. The molecule has 0 radical (unpaired) electrons. The van der Waals surface area contributed by atoms with Crippen molar-refractivity contribution in [2.75, 3.05) is 34.4 Å². The van der Waals surface area contributed by atoms with Gasteiger partial charge in [0.05, 0.1) is 25.3 Å². The number of esters is 2. The van der Waals surface area contributed by atoms with E-state index in [1.165, 1.54) is 32.4 Å². The molecule has 0 bridgehead atoms. The van der Waals surface area contributed by atoms with E-state index in [1.54, 1.807) is 11.9 Å². The molecule has 0 spiro atoms. The van der Waals surface area contributed by atoms with E-state index in [4.69, 9.17) is 4.74 Å². The minimum atomic E-state index is -0.652. The first-order chi connectivity index (χ1) is 15.0. The molecule has 0 unspecified atom stereocenters. The second-order valence-corrected chi connectivity index (χ2v) is 8.35. The minimum Gasteiger partial charge on any atom is -0.465 e. The molecule has 0 heterocycles. The molecule has 1 N–H and O–H groups in total. The Morgan fingerprint density at radius 3 is 1.84 bits per heavy atom. The van der Waals surface area contributed by atoms with E-state index in [0.717, 1.165) is 25.7 Å². The number of unbranched alkanes of at least 4 members (excludes halogenated alkanes) is 3. The molecule has 9 heteroatoms. The van der Waals surface area contributed by atoms with Crippen LogP contribution >= 0.6 is 0 Å². The second-order valence-electron chi connectivity index (χ2n) is 8.35. The van der Waals surface area contributed by atoms with Gasteiger partial charge in [0.2, 0.25) is 0 Å². The molecule has 2 amide bonds. The van der Waals surface area contributed by atoms with E-state index < -0.39 is 23.4 Å². The molecule has 1 aromatic carbocycles. The molecular weight excluding hydrogens is 416 g/mol. The van der Waals surface area contributed by atoms with Crippen LogP contribution in [-0.4, -0.2) is 68.8 Å². The Kier molecular flexibility index (Phi) is 10.7. The van der Waals surface area contributed by atoms with Crippen molar-refractivity contribution in [3.05, 3.63) is 34.9 Å². The number of hydrogen-bond acceptors (Lipinski definition) is 7. The predicted octanol–water partition coefficient (Wildman–Crippen LogP) is 3.42. The maximum absolute atomic E-state index is 12.5. The number of carbonyl (C=O) groups is 4. The summed E-state index contributed by atoms with van der Waals surface area (Å²) in [6.45, 7) is 6.52. The van der Waals surface area contributed by atoms with Crippen molar-refractivity contribution in [1.29, 1.82) is 0 Å². The lowest BCUT2D eigenvalue weighted by Crippen LogP contribution is -2.34. The number of rotatable bonds is 10. The van der Waals surface area contributed by atoms with Crippen LogP contribution in [-0.2, 0) is 14.2 Å². The molecule has 0 aliphatic rings. The second kappa shape index (κ2) is 12.7. The first kappa shape index (κ1) is 26.9. The van der Waals surface area contributed by atoms with Gasteiger partial charge in [-0.15, -0.1) is 0 Å². The summed E-state index contributed by atoms with van der Waals surface area (Å²) < 4.78 is 14.7. The van der Waals surface area contributed by atoms with Crippen molar-refractivity contribution >= 4 is 23.9 Å². The zero-order valence-electron chi connectivity index (χ0n) is 19.8. The van der Waals surface area contributed by atoms with Crippen LogP contribution in [0.1, 0.15) is 77.5 Å². The highest BCUT2D eigenvalue weighted by atomic mass is 16.6. The van der Waals surface area contributed by atoms with Crippen molar-refractivity contribution in [2.24, 2.45) is 0 Å². The van der Waals surface area contributed by atoms with Gasteiger partial charge in [-0.2, -0.15) is 0 Å². The fraction of sp³-hybridized carbons (Fsp3) is 0.565. The van der Waals surface area contributed by atoms with Crippen molar-refractivity contribution in [1.82, 2.24) is 10.2 Å². The zero-order valence-corrected chi connectivity index (χ0v) is 19.8. The number of carbonyl (C=O) groups excluding carboxylic acids is 4. The van der Waals surface area contributed by atoms with Crippen molar-refractivity contribution in [3.8, 4) is 0 Å². The molecular formula is C23H34N2O7. The highest BCUT2D eigenvalue weighted by molar-refractivity contribution is 6.02. The van der Waals surface area contributed by atoms with Crippen LogP contribution in [0, 0.1) is 0 Å². The van der Waals surface area contributed by atoms with Crippen LogP contribution in [0.3, 0.4) is 0 Å². The fourth-order valence-corrected chi connectivity index (χ4v) is 2.79. The summed E-state index contributed by atoms with van der Waals surface area (Å²) in [5.74, 6) is -1.70. The van der Waals surface area contributed by atoms with Gasteiger partial charge in [0.25, 0.3) is 5.91 Å². The number of ether oxygens (including phenoxy) is 3. The Morgan fingerprint density at radius 1 is 0.844 bits per heavy atom. The van der Waals surface area contributed by atoms with Gasteiger partial charge < -0.3 is 24.4 Å². The fourth-order valence-electron chi connectivity index (χ4n) is 2.79. The summed E-state index contributed by atoms with van der Waals surface area (Å²) in [5.41, 5.74) is -0.158. The summed E-state index contributed by atoms with van der Waals surface area (Å²) in [5, 5.41) is 2.78. The third kappa shape index (κ3) is 9.36. The third-order valence-electron chi connectivity index (χ3n) is 4.45. The largest absolute Gasteiger partial charge is 0.465 e. The van der Waals surface area contributed by atoms with Gasteiger partial charge in [-0.3, -0.25) is 4.79 Å². The lowest BCUT2D eigenvalue weighted by molar-refractivity contribution is 0.0295. The molecule has 0 saturated heterocycles. The maximum Gasteiger partial charge on any atom is 0.410 e. The van der Waals surface area contributed by atoms with E-state index in [-0.39, 0.29) is 22.8 Å². The van der Waals surface area contributed by atoms with E-state index in [0.29, 0.717) is 13.1 Å². The topological polar surface area (TPSA) is 111 Å². The van der Waals surface area contributed by atoms with Crippen LogP contribution in [0.2, 0.25) is 0 Å². The SMILES string of the molecule is COC(=O)c1cc(C(=O)NCCCCCCN(C)C(=O)OC(C)(C)C)cc(C(=O)OC)c1. The quantitative estimate of drug-likeness (QED) is 0.330. The first-order valence-electron chi connectivity index (χ1n) is 10.5. The molecule has 0 fully saturated rings. The Labute approximate surface area is 189 Å². The van der Waals surface area contributed by atoms with E-state index >= 15 is 0 Å². The first-order valence-corrected chi connectivity index (χ1v) is 10.5. The predicted molar refractivity (Wildman–Crippen MR) is 119 cm³/mol. The molecule has 0 aromatic heterocycles. The molecule has 1 aromatic rings. The number of benzene rings is 1. The number of nitrogens with zero attached hydrogens (tertiary/aromatic N) is 1. The Bertz CT molecular complexity index is 781. The summed E-state index contributed by atoms with van der Waals surface area (Å²) in [6.07, 6.45) is 3.01. The summed E-state index contributed by atoms with van der Waals surface area (Å²) in [4.78, 5) is 49.6. The van der Waals surface area contributed by atoms with Crippen molar-refractivity contribution in [3.63, 3.8) is 0 Å². The summed E-state index contributed by atoms with van der Waals surface area (Å²) in [6, 6.07) is 4.07. The van der Waals surface area contributed by atoms with Gasteiger partial charge in [0.1, 0.15) is 5.60 Å². The molecule has 32 heavy (non-hydrogen) atoms. The highest BCUT2D eigenvalue weighted by Crippen LogP contribution is 2.14. The normalized spacial score (nSPS) is 10.8. The summed E-state index contributed by atoms with van der Waals surface area (Å²) >= 11 is 0. The highest BCUT2D eigenvalue weighted by Gasteiger charge is 2.19. The lowest BCUT2D eigenvalue weighted by Gasteiger charge is -2.24. The van der Waals surface area contributed by atoms with E-state index in [2.05, 4.69) is 14.8 Å². The number of methoxy groups -OCH3 is 2. The standard InChI is InChI=1S/C23H34N2O7/c1-23(2,3)32-22(29)25(4)12-10-8-7-9-11-24-19(26)16-13-17(20(27)30-5)15-18(14-16)21(28)31-6/h13-15H,7-12H2,1-6H3,(H,24,26). The minimum absolute atomic E-state index is 0.0923. The molecule has 0 aliphatic heterocycles. The molecule has 0 atom stereocenters. The number of hydrogen-bond donors (Lipinski definition) is 1. The van der Waals surface area contributed by atoms with E-state index in [9.17, 15) is 19.2 Å². The van der Waals surface area contributed by atoms with Crippen LogP contribution < -0.4 is 5.32 Å². The zero-order chi connectivity index (χ0) is 24.3. The van der Waals surface area contributed by atoms with Crippen molar-refractivity contribution in [2.45, 2.75) is 52.1 Å². The van der Waals surface area contributed by atoms with Crippen LogP contribution in [0.15, 0.2) is 18.2 Å². The smallest absolute Gasteiger partial charge is 0.410 e. The van der Waals surface area contributed by atoms with Crippen LogP contribution in [0.4, 0.5) is 4.79 Å². The van der Waals surface area contributed by atoms with E-state index in [1.807, 2.05) is 20.8 Å². The lowest BCUT2D eigenvalue weighted by atomic mass is 10.0. The molecule has 0 saturated carbocycles. The van der Waals surface area contributed by atoms with Crippen LogP contribution in [0.25, 0.3) is 0 Å². The Balaban J connectivity index is 2.46. The van der Waals surface area contributed by atoms with Gasteiger partial charge in [-0.05, 0) is 51.8 Å². The average molecular weight is 451 g/mol. The number of amides is 2. The van der Waals surface area contributed by atoms with Gasteiger partial charge in [0, 0.05) is 25.7 Å². The van der Waals surface area contributed by atoms with Gasteiger partial charge in [-0.25, -0.2) is 14.4 Å². The summed E-state index contributed by atoms with van der Waals surface area (Å²) in [7, 11) is 4.15.